The van der Waals surface area contributed by atoms with Crippen LogP contribution in [0.2, 0.25) is 0 Å². The average Bonchev–Trinajstić information content (AvgIpc) is 3.18. The van der Waals surface area contributed by atoms with Crippen LogP contribution in [0.1, 0.15) is 60.3 Å². The molecule has 0 saturated heterocycles. The molecule has 0 spiro atoms. The number of ether oxygens (including phenoxy) is 1. The lowest BCUT2D eigenvalue weighted by Gasteiger charge is -2.24. The molecule has 7 heteroatoms. The van der Waals surface area contributed by atoms with E-state index in [0.717, 1.165) is 28.6 Å². The molecule has 0 N–H and O–H groups in total. The van der Waals surface area contributed by atoms with Crippen molar-refractivity contribution >= 4 is 38.6 Å². The summed E-state index contributed by atoms with van der Waals surface area (Å²) >= 11 is 3.43. The molecule has 1 amide bonds. The number of carbonyl (C=O) groups is 1. The van der Waals surface area contributed by atoms with Gasteiger partial charge in [-0.05, 0) is 54.4 Å². The normalized spacial score (nSPS) is 15.0. The number of hydrogen-bond donors (Lipinski definition) is 0. The molecule has 1 unspecified atom stereocenters. The van der Waals surface area contributed by atoms with Crippen LogP contribution in [-0.4, -0.2) is 17.5 Å². The first-order chi connectivity index (χ1) is 17.1. The molecule has 5 rings (SSSR count). The number of pyridine rings is 1. The first kappa shape index (κ1) is 23.3. The van der Waals surface area contributed by atoms with E-state index in [1.54, 1.807) is 36.5 Å². The van der Waals surface area contributed by atoms with Gasteiger partial charge in [0, 0.05) is 10.7 Å². The number of anilines is 1. The molecule has 0 radical (unpaired) electrons. The van der Waals surface area contributed by atoms with Crippen molar-refractivity contribution in [3.8, 4) is 5.75 Å². The van der Waals surface area contributed by atoms with Crippen LogP contribution >= 0.6 is 15.9 Å². The highest BCUT2D eigenvalue weighted by Gasteiger charge is 2.44. The topological polar surface area (TPSA) is 72.6 Å². The summed E-state index contributed by atoms with van der Waals surface area (Å²) in [5.74, 6) is 0.877. The zero-order valence-electron chi connectivity index (χ0n) is 19.4. The number of unbranched alkanes of at least 4 members (excludes halogenated alkanes) is 3. The fourth-order valence-electron chi connectivity index (χ4n) is 4.46. The van der Waals surface area contributed by atoms with Gasteiger partial charge in [-0.15, -0.1) is 0 Å². The molecule has 0 saturated carbocycles. The third-order valence-corrected chi connectivity index (χ3v) is 6.68. The second kappa shape index (κ2) is 10.0. The van der Waals surface area contributed by atoms with Crippen LogP contribution in [-0.2, 0) is 0 Å². The molecule has 6 nitrogen and oxygen atoms in total. The maximum atomic E-state index is 13.7. The molecule has 35 heavy (non-hydrogen) atoms. The van der Waals surface area contributed by atoms with Crippen LogP contribution in [0.15, 0.2) is 80.5 Å². The van der Waals surface area contributed by atoms with Gasteiger partial charge in [-0.1, -0.05) is 60.3 Å². The van der Waals surface area contributed by atoms with Gasteiger partial charge in [-0.3, -0.25) is 14.5 Å². The molecule has 1 aliphatic rings. The molecule has 2 aromatic heterocycles. The van der Waals surface area contributed by atoms with Crippen LogP contribution in [0.4, 0.5) is 5.82 Å². The lowest BCUT2D eigenvalue weighted by atomic mass is 9.98. The maximum Gasteiger partial charge on any atom is 0.296 e. The Bertz CT molecular complexity index is 1420. The Labute approximate surface area is 211 Å². The van der Waals surface area contributed by atoms with Gasteiger partial charge in [0.25, 0.3) is 5.91 Å². The minimum absolute atomic E-state index is 0.0525. The minimum Gasteiger partial charge on any atom is -0.494 e. The van der Waals surface area contributed by atoms with Crippen molar-refractivity contribution in [3.05, 3.63) is 98.4 Å². The van der Waals surface area contributed by atoms with Gasteiger partial charge < -0.3 is 9.15 Å². The maximum absolute atomic E-state index is 13.7. The monoisotopic (exact) mass is 532 g/mol. The van der Waals surface area contributed by atoms with Gasteiger partial charge >= 0.3 is 0 Å². The first-order valence-electron chi connectivity index (χ1n) is 11.8. The number of aromatic nitrogens is 1. The van der Waals surface area contributed by atoms with E-state index < -0.39 is 6.04 Å². The fraction of sp³-hybridized carbons (Fsp3) is 0.250. The molecule has 178 valence electrons. The molecule has 3 heterocycles. The Morgan fingerprint density at radius 3 is 2.60 bits per heavy atom. The third kappa shape index (κ3) is 4.48. The zero-order valence-corrected chi connectivity index (χ0v) is 21.0. The molecule has 0 fully saturated rings. The van der Waals surface area contributed by atoms with Gasteiger partial charge in [-0.2, -0.15) is 0 Å². The number of fused-ring (bicyclic) bond motifs is 2. The number of amides is 1. The second-order valence-corrected chi connectivity index (χ2v) is 9.47. The zero-order chi connectivity index (χ0) is 24.4. The molecule has 4 aromatic rings. The van der Waals surface area contributed by atoms with E-state index in [0.29, 0.717) is 29.0 Å². The smallest absolute Gasteiger partial charge is 0.296 e. The van der Waals surface area contributed by atoms with Crippen molar-refractivity contribution in [3.63, 3.8) is 0 Å². The van der Waals surface area contributed by atoms with E-state index in [9.17, 15) is 9.59 Å². The number of benzene rings is 2. The standard InChI is InChI=1S/C28H25BrN2O4/c1-2-3-4-7-16-34-20-12-9-18(10-13-20)25-24-26(32)21-17-19(29)11-14-22(21)35-27(24)28(33)31(25)23-8-5-6-15-30-23/h5-6,8-15,17,25H,2-4,7,16H2,1H3. The lowest BCUT2D eigenvalue weighted by molar-refractivity contribution is 0.0970. The fourth-order valence-corrected chi connectivity index (χ4v) is 4.82. The molecule has 2 aromatic carbocycles. The van der Waals surface area contributed by atoms with Crippen LogP contribution in [0, 0.1) is 0 Å². The van der Waals surface area contributed by atoms with Gasteiger partial charge in [0.1, 0.15) is 17.2 Å². The summed E-state index contributed by atoms with van der Waals surface area (Å²) in [6.45, 7) is 2.84. The van der Waals surface area contributed by atoms with Crippen molar-refractivity contribution in [1.29, 1.82) is 0 Å². The second-order valence-electron chi connectivity index (χ2n) is 8.56. The van der Waals surface area contributed by atoms with Gasteiger partial charge in [0.2, 0.25) is 5.76 Å². The summed E-state index contributed by atoms with van der Waals surface area (Å²) in [5.41, 5.74) is 1.25. The highest BCUT2D eigenvalue weighted by atomic mass is 79.9. The van der Waals surface area contributed by atoms with Crippen molar-refractivity contribution in [2.24, 2.45) is 0 Å². The van der Waals surface area contributed by atoms with Crippen LogP contribution < -0.4 is 15.1 Å². The van der Waals surface area contributed by atoms with E-state index in [4.69, 9.17) is 9.15 Å². The Morgan fingerprint density at radius 1 is 1.03 bits per heavy atom. The number of rotatable bonds is 8. The van der Waals surface area contributed by atoms with E-state index in [-0.39, 0.29) is 17.1 Å². The first-order valence-corrected chi connectivity index (χ1v) is 12.6. The lowest BCUT2D eigenvalue weighted by Crippen LogP contribution is -2.30. The summed E-state index contributed by atoms with van der Waals surface area (Å²) in [5, 5.41) is 0.422. The van der Waals surface area contributed by atoms with Crippen LogP contribution in [0.3, 0.4) is 0 Å². The minimum atomic E-state index is -0.661. The highest BCUT2D eigenvalue weighted by molar-refractivity contribution is 9.10. The van der Waals surface area contributed by atoms with Gasteiger partial charge in [0.05, 0.1) is 23.6 Å². The molecule has 1 atom stereocenters. The summed E-state index contributed by atoms with van der Waals surface area (Å²) < 4.78 is 12.7. The Morgan fingerprint density at radius 2 is 1.86 bits per heavy atom. The number of halogens is 1. The van der Waals surface area contributed by atoms with E-state index in [1.807, 2.05) is 30.3 Å². The van der Waals surface area contributed by atoms with E-state index >= 15 is 0 Å². The predicted octanol–water partition coefficient (Wildman–Crippen LogP) is 6.66. The van der Waals surface area contributed by atoms with Crippen LogP contribution in [0.5, 0.6) is 5.75 Å². The van der Waals surface area contributed by atoms with Gasteiger partial charge in [0.15, 0.2) is 5.43 Å². The summed E-state index contributed by atoms with van der Waals surface area (Å²) in [6.07, 6.45) is 6.17. The van der Waals surface area contributed by atoms with Crippen molar-refractivity contribution < 1.29 is 13.9 Å². The Kier molecular flexibility index (Phi) is 6.68. The van der Waals surface area contributed by atoms with Gasteiger partial charge in [-0.25, -0.2) is 4.98 Å². The van der Waals surface area contributed by atoms with Crippen molar-refractivity contribution in [2.75, 3.05) is 11.5 Å². The largest absolute Gasteiger partial charge is 0.494 e. The summed E-state index contributed by atoms with van der Waals surface area (Å²) in [7, 11) is 0. The van der Waals surface area contributed by atoms with Crippen molar-refractivity contribution in [1.82, 2.24) is 4.98 Å². The number of nitrogens with zero attached hydrogens (tertiary/aromatic N) is 2. The molecule has 0 aliphatic carbocycles. The Hall–Kier alpha value is -3.45. The molecular weight excluding hydrogens is 508 g/mol. The predicted molar refractivity (Wildman–Crippen MR) is 139 cm³/mol. The molecule has 1 aliphatic heterocycles. The van der Waals surface area contributed by atoms with E-state index in [1.165, 1.54) is 17.7 Å². The Balaban J connectivity index is 1.56. The average molecular weight is 533 g/mol. The summed E-state index contributed by atoms with van der Waals surface area (Å²) in [4.78, 5) is 33.2. The van der Waals surface area contributed by atoms with E-state index in [2.05, 4.69) is 27.8 Å². The summed E-state index contributed by atoms with van der Waals surface area (Å²) in [6, 6.07) is 17.5. The molecule has 0 bridgehead atoms. The quantitative estimate of drug-likeness (QED) is 0.237. The highest BCUT2D eigenvalue weighted by Crippen LogP contribution is 2.41. The van der Waals surface area contributed by atoms with Crippen molar-refractivity contribution in [2.45, 2.75) is 38.6 Å². The third-order valence-electron chi connectivity index (χ3n) is 6.19. The van der Waals surface area contributed by atoms with Crippen LogP contribution in [0.25, 0.3) is 11.0 Å². The number of carbonyl (C=O) groups excluding carboxylic acids is 1. The molecular formula is C28H25BrN2O4. The number of hydrogen-bond acceptors (Lipinski definition) is 5. The SMILES string of the molecule is CCCCCCOc1ccc(C2c3c(oc4ccc(Br)cc4c3=O)C(=O)N2c2ccccn2)cc1.